The number of benzene rings is 1. The Kier molecular flexibility index (Phi) is 4.15. The smallest absolute Gasteiger partial charge is 0.406 e. The second-order valence-corrected chi connectivity index (χ2v) is 5.62. The van der Waals surface area contributed by atoms with E-state index in [-0.39, 0.29) is 5.75 Å². The van der Waals surface area contributed by atoms with Gasteiger partial charge in [0, 0.05) is 5.75 Å². The van der Waals surface area contributed by atoms with E-state index >= 15 is 0 Å². The first-order valence-electron chi connectivity index (χ1n) is 4.99. The summed E-state index contributed by atoms with van der Waals surface area (Å²) in [4.78, 5) is 0. The largest absolute Gasteiger partial charge is 0.573 e. The Morgan fingerprint density at radius 2 is 2.11 bits per heavy atom. The molecule has 0 bridgehead atoms. The van der Waals surface area contributed by atoms with Crippen LogP contribution in [0.4, 0.5) is 18.3 Å². The van der Waals surface area contributed by atoms with Gasteiger partial charge in [-0.05, 0) is 17.7 Å². The van der Waals surface area contributed by atoms with Crippen LogP contribution >= 0.6 is 23.1 Å². The zero-order valence-electron chi connectivity index (χ0n) is 9.35. The summed E-state index contributed by atoms with van der Waals surface area (Å²) in [7, 11) is 0. The number of nitrogens with two attached hydrogens (primary N) is 1. The third-order valence-corrected chi connectivity index (χ3v) is 3.87. The highest BCUT2D eigenvalue weighted by atomic mass is 32.2. The van der Waals surface area contributed by atoms with Gasteiger partial charge in [0.1, 0.15) is 5.75 Å². The number of rotatable bonds is 4. The minimum atomic E-state index is -4.68. The average molecular weight is 307 g/mol. The van der Waals surface area contributed by atoms with Crippen LogP contribution < -0.4 is 10.5 Å². The topological polar surface area (TPSA) is 61.0 Å². The second kappa shape index (κ2) is 5.66. The van der Waals surface area contributed by atoms with Gasteiger partial charge in [0.05, 0.1) is 0 Å². The van der Waals surface area contributed by atoms with Crippen molar-refractivity contribution in [2.75, 3.05) is 5.73 Å². The lowest BCUT2D eigenvalue weighted by molar-refractivity contribution is -0.274. The van der Waals surface area contributed by atoms with Gasteiger partial charge in [0.15, 0.2) is 4.34 Å². The van der Waals surface area contributed by atoms with Crippen molar-refractivity contribution in [2.24, 2.45) is 0 Å². The Hall–Kier alpha value is -1.48. The maximum Gasteiger partial charge on any atom is 0.573 e. The molecule has 0 atom stereocenters. The SMILES string of the molecule is Nc1nnc(SCc2cccc(OC(F)(F)F)c2)s1. The molecule has 0 saturated heterocycles. The lowest BCUT2D eigenvalue weighted by atomic mass is 10.2. The summed E-state index contributed by atoms with van der Waals surface area (Å²) in [6.07, 6.45) is -4.68. The van der Waals surface area contributed by atoms with E-state index < -0.39 is 6.36 Å². The molecule has 0 spiro atoms. The van der Waals surface area contributed by atoms with Crippen molar-refractivity contribution in [2.45, 2.75) is 16.5 Å². The van der Waals surface area contributed by atoms with E-state index in [1.54, 1.807) is 6.07 Å². The van der Waals surface area contributed by atoms with Crippen molar-refractivity contribution in [1.29, 1.82) is 0 Å². The number of aromatic nitrogens is 2. The first-order chi connectivity index (χ1) is 8.92. The summed E-state index contributed by atoms with van der Waals surface area (Å²) in [6.45, 7) is 0. The molecule has 0 aliphatic rings. The third kappa shape index (κ3) is 4.60. The number of nitrogens with zero attached hydrogens (tertiary/aromatic N) is 2. The number of alkyl halides is 3. The molecule has 2 aromatic rings. The monoisotopic (exact) mass is 307 g/mol. The van der Waals surface area contributed by atoms with Gasteiger partial charge in [-0.15, -0.1) is 23.4 Å². The minimum absolute atomic E-state index is 0.234. The molecule has 19 heavy (non-hydrogen) atoms. The number of hydrogen-bond acceptors (Lipinski definition) is 6. The summed E-state index contributed by atoms with van der Waals surface area (Å²) in [6, 6.07) is 5.81. The molecule has 0 radical (unpaired) electrons. The van der Waals surface area contributed by atoms with Crippen molar-refractivity contribution < 1.29 is 17.9 Å². The van der Waals surface area contributed by atoms with Crippen LogP contribution in [0.25, 0.3) is 0 Å². The summed E-state index contributed by atoms with van der Waals surface area (Å²) in [5, 5.41) is 7.81. The molecule has 4 nitrogen and oxygen atoms in total. The molecule has 2 N–H and O–H groups in total. The fourth-order valence-corrected chi connectivity index (χ4v) is 2.84. The molecule has 0 amide bonds. The van der Waals surface area contributed by atoms with Crippen LogP contribution in [0.1, 0.15) is 5.56 Å². The summed E-state index contributed by atoms with van der Waals surface area (Å²) < 4.78 is 40.7. The second-order valence-electron chi connectivity index (χ2n) is 3.39. The van der Waals surface area contributed by atoms with Crippen molar-refractivity contribution >= 4 is 28.2 Å². The Morgan fingerprint density at radius 3 is 2.74 bits per heavy atom. The van der Waals surface area contributed by atoms with E-state index in [4.69, 9.17) is 5.73 Å². The van der Waals surface area contributed by atoms with E-state index in [0.29, 0.717) is 20.8 Å². The van der Waals surface area contributed by atoms with Gasteiger partial charge < -0.3 is 10.5 Å². The van der Waals surface area contributed by atoms with Gasteiger partial charge >= 0.3 is 6.36 Å². The van der Waals surface area contributed by atoms with Crippen LogP contribution in [0.2, 0.25) is 0 Å². The summed E-state index contributed by atoms with van der Waals surface area (Å²) >= 11 is 2.58. The first kappa shape index (κ1) is 13.9. The molecule has 9 heteroatoms. The van der Waals surface area contributed by atoms with Crippen molar-refractivity contribution in [3.05, 3.63) is 29.8 Å². The predicted molar refractivity (Wildman–Crippen MR) is 67.0 cm³/mol. The molecule has 102 valence electrons. The standard InChI is InChI=1S/C10H8F3N3OS2/c11-10(12,13)17-7-3-1-2-6(4-7)5-18-9-16-15-8(14)19-9/h1-4H,5H2,(H2,14,15). The fraction of sp³-hybridized carbons (Fsp3) is 0.200. The van der Waals surface area contributed by atoms with Crippen molar-refractivity contribution in [1.82, 2.24) is 10.2 Å². The minimum Gasteiger partial charge on any atom is -0.406 e. The normalized spacial score (nSPS) is 11.5. The lowest BCUT2D eigenvalue weighted by Crippen LogP contribution is -2.17. The summed E-state index contributed by atoms with van der Waals surface area (Å²) in [5.41, 5.74) is 6.12. The Labute approximate surface area is 114 Å². The molecule has 2 rings (SSSR count). The van der Waals surface area contributed by atoms with Crippen LogP contribution in [0.5, 0.6) is 5.75 Å². The number of halogens is 3. The zero-order chi connectivity index (χ0) is 13.9. The van der Waals surface area contributed by atoms with Gasteiger partial charge in [0.2, 0.25) is 5.13 Å². The van der Waals surface area contributed by atoms with Crippen LogP contribution in [-0.2, 0) is 5.75 Å². The Balaban J connectivity index is 1.99. The lowest BCUT2D eigenvalue weighted by Gasteiger charge is -2.09. The molecular weight excluding hydrogens is 299 g/mol. The van der Waals surface area contributed by atoms with Crippen molar-refractivity contribution in [3.8, 4) is 5.75 Å². The highest BCUT2D eigenvalue weighted by molar-refractivity contribution is 8.00. The van der Waals surface area contributed by atoms with Crippen molar-refractivity contribution in [3.63, 3.8) is 0 Å². The van der Waals surface area contributed by atoms with Crippen LogP contribution in [0, 0.1) is 0 Å². The predicted octanol–water partition coefficient (Wildman–Crippen LogP) is 3.31. The van der Waals surface area contributed by atoms with E-state index in [0.717, 1.165) is 0 Å². The molecule has 0 unspecified atom stereocenters. The zero-order valence-corrected chi connectivity index (χ0v) is 11.0. The fourth-order valence-electron chi connectivity index (χ4n) is 1.26. The molecule has 1 heterocycles. The number of nitrogen functional groups attached to an aromatic ring is 1. The van der Waals surface area contributed by atoms with E-state index in [1.807, 2.05) is 0 Å². The number of thioether (sulfide) groups is 1. The van der Waals surface area contributed by atoms with Crippen LogP contribution in [-0.4, -0.2) is 16.6 Å². The summed E-state index contributed by atoms with van der Waals surface area (Å²) in [5.74, 6) is 0.228. The highest BCUT2D eigenvalue weighted by Gasteiger charge is 2.31. The molecule has 0 aliphatic heterocycles. The van der Waals surface area contributed by atoms with Gasteiger partial charge in [-0.2, -0.15) is 0 Å². The van der Waals surface area contributed by atoms with E-state index in [9.17, 15) is 13.2 Å². The van der Waals surface area contributed by atoms with E-state index in [2.05, 4.69) is 14.9 Å². The highest BCUT2D eigenvalue weighted by Crippen LogP contribution is 2.29. The maximum absolute atomic E-state index is 12.1. The van der Waals surface area contributed by atoms with Gasteiger partial charge in [-0.3, -0.25) is 0 Å². The molecular formula is C10H8F3N3OS2. The number of hydrogen-bond donors (Lipinski definition) is 1. The van der Waals surface area contributed by atoms with E-state index in [1.165, 1.54) is 41.3 Å². The quantitative estimate of drug-likeness (QED) is 0.878. The molecule has 0 aliphatic carbocycles. The van der Waals surface area contributed by atoms with Crippen LogP contribution in [0.15, 0.2) is 28.6 Å². The Morgan fingerprint density at radius 1 is 1.32 bits per heavy atom. The van der Waals surface area contributed by atoms with Gasteiger partial charge in [-0.25, -0.2) is 0 Å². The number of ether oxygens (including phenoxy) is 1. The average Bonchev–Trinajstić information content (AvgIpc) is 2.71. The maximum atomic E-state index is 12.1. The van der Waals surface area contributed by atoms with Gasteiger partial charge in [0.25, 0.3) is 0 Å². The van der Waals surface area contributed by atoms with Crippen LogP contribution in [0.3, 0.4) is 0 Å². The molecule has 0 fully saturated rings. The Bertz CT molecular complexity index is 559. The van der Waals surface area contributed by atoms with Gasteiger partial charge in [-0.1, -0.05) is 35.2 Å². The third-order valence-electron chi connectivity index (χ3n) is 1.92. The molecule has 1 aromatic carbocycles. The molecule has 0 saturated carbocycles. The molecule has 1 aromatic heterocycles. The first-order valence-corrected chi connectivity index (χ1v) is 6.79. The number of anilines is 1.